The maximum atomic E-state index is 13.6. The van der Waals surface area contributed by atoms with E-state index in [2.05, 4.69) is 18.7 Å². The number of nitrogens with two attached hydrogens (primary N) is 1. The van der Waals surface area contributed by atoms with Crippen LogP contribution in [0, 0.1) is 0 Å². The molecule has 1 saturated heterocycles. The normalized spacial score (nSPS) is 36.0. The van der Waals surface area contributed by atoms with Crippen LogP contribution in [-0.2, 0) is 4.74 Å². The molecule has 2 aliphatic rings. The lowest BCUT2D eigenvalue weighted by Gasteiger charge is -2.37. The summed E-state index contributed by atoms with van der Waals surface area (Å²) < 4.78 is 33.2. The second kappa shape index (κ2) is 6.67. The van der Waals surface area contributed by atoms with Gasteiger partial charge in [0.25, 0.3) is 5.92 Å². The number of nitrogens with zero attached hydrogens (tertiary/aromatic N) is 1. The van der Waals surface area contributed by atoms with Crippen LogP contribution in [0.4, 0.5) is 8.78 Å². The molecule has 0 amide bonds. The predicted molar refractivity (Wildman–Crippen MR) is 76.0 cm³/mol. The molecule has 2 N–H and O–H groups in total. The Morgan fingerprint density at radius 2 is 1.90 bits per heavy atom. The minimum absolute atomic E-state index is 0.0868. The van der Waals surface area contributed by atoms with Gasteiger partial charge < -0.3 is 15.4 Å². The van der Waals surface area contributed by atoms with Gasteiger partial charge in [0.2, 0.25) is 0 Å². The molecule has 0 radical (unpaired) electrons. The molecule has 20 heavy (non-hydrogen) atoms. The Kier molecular flexibility index (Phi) is 5.37. The summed E-state index contributed by atoms with van der Waals surface area (Å²) in [6, 6.07) is -0.601. The monoisotopic (exact) mass is 290 g/mol. The molecule has 1 heterocycles. The largest absolute Gasteiger partial charge is 0.373 e. The van der Waals surface area contributed by atoms with Crippen molar-refractivity contribution in [1.82, 2.24) is 4.90 Å². The first-order valence-corrected chi connectivity index (χ1v) is 7.93. The summed E-state index contributed by atoms with van der Waals surface area (Å²) in [5.74, 6) is -2.77. The van der Waals surface area contributed by atoms with Gasteiger partial charge in [-0.2, -0.15) is 0 Å². The van der Waals surface area contributed by atoms with E-state index in [1.165, 1.54) is 0 Å². The molecule has 3 atom stereocenters. The van der Waals surface area contributed by atoms with Gasteiger partial charge in [-0.1, -0.05) is 0 Å². The van der Waals surface area contributed by atoms with Gasteiger partial charge in [-0.15, -0.1) is 0 Å². The maximum absolute atomic E-state index is 13.6. The zero-order chi connectivity index (χ0) is 14.8. The van der Waals surface area contributed by atoms with Gasteiger partial charge in [-0.25, -0.2) is 8.78 Å². The van der Waals surface area contributed by atoms with Crippen molar-refractivity contribution in [2.45, 2.75) is 82.6 Å². The molecule has 0 aromatic rings. The smallest absolute Gasteiger partial charge is 0.265 e. The summed E-state index contributed by atoms with van der Waals surface area (Å²) in [4.78, 5) is 2.43. The minimum Gasteiger partial charge on any atom is -0.373 e. The third kappa shape index (κ3) is 3.89. The van der Waals surface area contributed by atoms with E-state index in [1.54, 1.807) is 0 Å². The van der Waals surface area contributed by atoms with Crippen molar-refractivity contribution in [3.8, 4) is 0 Å². The van der Waals surface area contributed by atoms with Gasteiger partial charge in [0, 0.05) is 19.0 Å². The van der Waals surface area contributed by atoms with Crippen LogP contribution in [0.15, 0.2) is 0 Å². The van der Waals surface area contributed by atoms with E-state index < -0.39 is 18.1 Å². The molecule has 0 aromatic heterocycles. The summed E-state index contributed by atoms with van der Waals surface area (Å²) in [6.07, 6.45) is 3.64. The zero-order valence-corrected chi connectivity index (χ0v) is 12.7. The molecule has 1 saturated carbocycles. The number of likely N-dealkylation sites (tertiary alicyclic amines) is 1. The van der Waals surface area contributed by atoms with Gasteiger partial charge in [0.15, 0.2) is 0 Å². The lowest BCUT2D eigenvalue weighted by molar-refractivity contribution is -0.134. The van der Waals surface area contributed by atoms with Crippen molar-refractivity contribution >= 4 is 0 Å². The number of ether oxygens (including phenoxy) is 1. The fourth-order valence-electron chi connectivity index (χ4n) is 3.30. The number of hydrogen-bond donors (Lipinski definition) is 1. The molecule has 0 unspecified atom stereocenters. The Bertz CT molecular complexity index is 312. The lowest BCUT2D eigenvalue weighted by Crippen LogP contribution is -2.54. The van der Waals surface area contributed by atoms with Crippen LogP contribution in [0.5, 0.6) is 0 Å². The molecule has 3 nitrogen and oxygen atoms in total. The number of halogens is 2. The fourth-order valence-corrected chi connectivity index (χ4v) is 3.30. The summed E-state index contributed by atoms with van der Waals surface area (Å²) in [7, 11) is 0. The van der Waals surface area contributed by atoms with Crippen LogP contribution in [0.25, 0.3) is 0 Å². The van der Waals surface area contributed by atoms with Gasteiger partial charge in [-0.3, -0.25) is 0 Å². The first kappa shape index (κ1) is 16.1. The van der Waals surface area contributed by atoms with E-state index in [4.69, 9.17) is 10.5 Å². The Hall–Kier alpha value is -0.260. The average Bonchev–Trinajstić information content (AvgIpc) is 2.60. The third-order valence-electron chi connectivity index (χ3n) is 4.69. The molecule has 5 heteroatoms. The minimum atomic E-state index is -2.77. The lowest BCUT2D eigenvalue weighted by atomic mass is 9.89. The first-order valence-electron chi connectivity index (χ1n) is 7.93. The molecule has 2 rings (SSSR count). The molecule has 0 spiro atoms. The second-order valence-corrected chi connectivity index (χ2v) is 6.54. The molecule has 1 aliphatic heterocycles. The van der Waals surface area contributed by atoms with Crippen molar-refractivity contribution in [3.63, 3.8) is 0 Å². The van der Waals surface area contributed by atoms with Crippen molar-refractivity contribution in [3.05, 3.63) is 0 Å². The standard InChI is InChI=1S/C15H28F2N2O/c1-11(2)19-9-4-5-12(7-10-19)20-13-6-3-8-15(16,17)14(13)18/h11-14H,3-10,18H2,1-2H3/t12-,13+,14-/m1/s1. The molecular formula is C15H28F2N2O. The van der Waals surface area contributed by atoms with Crippen molar-refractivity contribution < 1.29 is 13.5 Å². The van der Waals surface area contributed by atoms with Crippen LogP contribution in [0.2, 0.25) is 0 Å². The molecule has 0 aromatic carbocycles. The highest BCUT2D eigenvalue weighted by Gasteiger charge is 2.45. The topological polar surface area (TPSA) is 38.5 Å². The number of hydrogen-bond acceptors (Lipinski definition) is 3. The summed E-state index contributed by atoms with van der Waals surface area (Å²) in [6.45, 7) is 6.45. The average molecular weight is 290 g/mol. The summed E-state index contributed by atoms with van der Waals surface area (Å²) in [5.41, 5.74) is 5.70. The van der Waals surface area contributed by atoms with Crippen LogP contribution < -0.4 is 5.73 Å². The van der Waals surface area contributed by atoms with Crippen LogP contribution >= 0.6 is 0 Å². The highest BCUT2D eigenvalue weighted by molar-refractivity contribution is 4.92. The molecule has 0 bridgehead atoms. The van der Waals surface area contributed by atoms with Crippen LogP contribution in [-0.4, -0.2) is 48.2 Å². The number of alkyl halides is 2. The van der Waals surface area contributed by atoms with Crippen molar-refractivity contribution in [2.75, 3.05) is 13.1 Å². The Balaban J connectivity index is 1.87. The predicted octanol–water partition coefficient (Wildman–Crippen LogP) is 2.78. The van der Waals surface area contributed by atoms with Crippen LogP contribution in [0.3, 0.4) is 0 Å². The van der Waals surface area contributed by atoms with Crippen molar-refractivity contribution in [1.29, 1.82) is 0 Å². The summed E-state index contributed by atoms with van der Waals surface area (Å²) in [5, 5.41) is 0. The SMILES string of the molecule is CC(C)N1CCC[C@@H](O[C@H]2CCCC(F)(F)[C@@H]2N)CC1. The zero-order valence-electron chi connectivity index (χ0n) is 12.7. The Morgan fingerprint density at radius 3 is 2.60 bits per heavy atom. The van der Waals surface area contributed by atoms with Crippen molar-refractivity contribution in [2.24, 2.45) is 5.73 Å². The molecule has 1 aliphatic carbocycles. The highest BCUT2D eigenvalue weighted by atomic mass is 19.3. The third-order valence-corrected chi connectivity index (χ3v) is 4.69. The second-order valence-electron chi connectivity index (χ2n) is 6.54. The summed E-state index contributed by atoms with van der Waals surface area (Å²) >= 11 is 0. The Morgan fingerprint density at radius 1 is 1.15 bits per heavy atom. The molecule has 118 valence electrons. The van der Waals surface area contributed by atoms with E-state index in [9.17, 15) is 8.78 Å². The fraction of sp³-hybridized carbons (Fsp3) is 1.00. The van der Waals surface area contributed by atoms with E-state index in [1.807, 2.05) is 0 Å². The van der Waals surface area contributed by atoms with Crippen LogP contribution in [0.1, 0.15) is 52.4 Å². The number of rotatable bonds is 3. The first-order chi connectivity index (χ1) is 9.40. The van der Waals surface area contributed by atoms with E-state index in [0.717, 1.165) is 32.4 Å². The quantitative estimate of drug-likeness (QED) is 0.868. The van der Waals surface area contributed by atoms with Gasteiger partial charge in [0.1, 0.15) is 0 Å². The highest BCUT2D eigenvalue weighted by Crippen LogP contribution is 2.35. The molecular weight excluding hydrogens is 262 g/mol. The maximum Gasteiger partial charge on any atom is 0.265 e. The van der Waals surface area contributed by atoms with Gasteiger partial charge in [-0.05, 0) is 52.5 Å². The molecule has 2 fully saturated rings. The Labute approximate surface area is 120 Å². The van der Waals surface area contributed by atoms with Gasteiger partial charge >= 0.3 is 0 Å². The van der Waals surface area contributed by atoms with E-state index >= 15 is 0 Å². The van der Waals surface area contributed by atoms with E-state index in [-0.39, 0.29) is 12.5 Å². The van der Waals surface area contributed by atoms with Gasteiger partial charge in [0.05, 0.1) is 18.2 Å². The van der Waals surface area contributed by atoms with E-state index in [0.29, 0.717) is 18.9 Å².